The van der Waals surface area contributed by atoms with Crippen LogP contribution in [0.5, 0.6) is 5.75 Å². The van der Waals surface area contributed by atoms with Gasteiger partial charge in [0.1, 0.15) is 5.75 Å². The van der Waals surface area contributed by atoms with Gasteiger partial charge in [-0.15, -0.1) is 0 Å². The Hall–Kier alpha value is -2.26. The van der Waals surface area contributed by atoms with Crippen LogP contribution in [0.2, 0.25) is 0 Å². The van der Waals surface area contributed by atoms with E-state index in [4.69, 9.17) is 4.74 Å². The fourth-order valence-corrected chi connectivity index (χ4v) is 3.99. The second-order valence-electron chi connectivity index (χ2n) is 7.28. The van der Waals surface area contributed by atoms with Crippen molar-refractivity contribution in [3.63, 3.8) is 0 Å². The van der Waals surface area contributed by atoms with Gasteiger partial charge >= 0.3 is 0 Å². The molecule has 2 aromatic carbocycles. The molecule has 1 aromatic heterocycles. The summed E-state index contributed by atoms with van der Waals surface area (Å²) < 4.78 is 8.25. The van der Waals surface area contributed by atoms with Gasteiger partial charge in [-0.05, 0) is 75.7 Å². The van der Waals surface area contributed by atoms with E-state index in [2.05, 4.69) is 71.0 Å². The molecule has 1 fully saturated rings. The Balaban J connectivity index is 1.36. The third-order valence-electron chi connectivity index (χ3n) is 5.33. The fourth-order valence-electron chi connectivity index (χ4n) is 3.99. The minimum absolute atomic E-state index is 0.793. The predicted molar refractivity (Wildman–Crippen MR) is 108 cm³/mol. The van der Waals surface area contributed by atoms with Crippen molar-refractivity contribution < 1.29 is 4.74 Å². The molecule has 0 amide bonds. The van der Waals surface area contributed by atoms with Gasteiger partial charge in [0.15, 0.2) is 0 Å². The molecule has 3 heteroatoms. The van der Waals surface area contributed by atoms with Gasteiger partial charge in [0.2, 0.25) is 0 Å². The predicted octanol–water partition coefficient (Wildman–Crippen LogP) is 5.19. The lowest BCUT2D eigenvalue weighted by Gasteiger charge is -2.26. The van der Waals surface area contributed by atoms with Gasteiger partial charge in [0.25, 0.3) is 0 Å². The summed E-state index contributed by atoms with van der Waals surface area (Å²) in [6, 6.07) is 19.2. The van der Waals surface area contributed by atoms with Gasteiger partial charge in [-0.3, -0.25) is 0 Å². The molecule has 0 N–H and O–H groups in total. The van der Waals surface area contributed by atoms with Crippen LogP contribution in [0.25, 0.3) is 16.6 Å². The van der Waals surface area contributed by atoms with E-state index in [1.54, 1.807) is 0 Å². The van der Waals surface area contributed by atoms with Crippen molar-refractivity contribution >= 4 is 10.9 Å². The highest BCUT2D eigenvalue weighted by molar-refractivity contribution is 5.83. The van der Waals surface area contributed by atoms with Crippen molar-refractivity contribution in [3.05, 3.63) is 60.3 Å². The molecule has 0 atom stereocenters. The summed E-state index contributed by atoms with van der Waals surface area (Å²) in [5.74, 6) is 0.960. The maximum Gasteiger partial charge on any atom is 0.119 e. The number of piperidine rings is 1. The van der Waals surface area contributed by atoms with Gasteiger partial charge in [0.05, 0.1) is 12.1 Å². The van der Waals surface area contributed by atoms with E-state index in [1.165, 1.54) is 54.6 Å². The number of likely N-dealkylation sites (tertiary alicyclic amines) is 1. The summed E-state index contributed by atoms with van der Waals surface area (Å²) in [6.07, 6.45) is 5.21. The number of aryl methyl sites for hydroxylation is 1. The molecule has 26 heavy (non-hydrogen) atoms. The molecule has 1 aliphatic rings. The van der Waals surface area contributed by atoms with Crippen molar-refractivity contribution in [2.45, 2.75) is 32.6 Å². The average Bonchev–Trinajstić information content (AvgIpc) is 3.02. The van der Waals surface area contributed by atoms with Gasteiger partial charge in [-0.2, -0.15) is 0 Å². The molecule has 2 heterocycles. The van der Waals surface area contributed by atoms with Crippen molar-refractivity contribution in [2.75, 3.05) is 26.2 Å². The summed E-state index contributed by atoms with van der Waals surface area (Å²) in [4.78, 5) is 2.57. The minimum atomic E-state index is 0.793. The van der Waals surface area contributed by atoms with E-state index < -0.39 is 0 Å². The van der Waals surface area contributed by atoms with Crippen LogP contribution in [0.15, 0.2) is 54.6 Å². The first-order chi connectivity index (χ1) is 12.8. The van der Waals surface area contributed by atoms with E-state index in [0.29, 0.717) is 0 Å². The summed E-state index contributed by atoms with van der Waals surface area (Å²) in [5.41, 5.74) is 3.69. The zero-order chi connectivity index (χ0) is 17.8. The third kappa shape index (κ3) is 3.78. The van der Waals surface area contributed by atoms with E-state index in [-0.39, 0.29) is 0 Å². The summed E-state index contributed by atoms with van der Waals surface area (Å²) in [7, 11) is 0. The number of nitrogens with zero attached hydrogens (tertiary/aromatic N) is 2. The SMILES string of the molecule is Cc1cc2ccccc2n1-c1ccc(OCCCN2CCCCC2)cc1. The Morgan fingerprint density at radius 3 is 2.50 bits per heavy atom. The first kappa shape index (κ1) is 17.2. The van der Waals surface area contributed by atoms with E-state index >= 15 is 0 Å². The van der Waals surface area contributed by atoms with E-state index in [0.717, 1.165) is 25.3 Å². The van der Waals surface area contributed by atoms with E-state index in [1.807, 2.05) is 0 Å². The highest BCUT2D eigenvalue weighted by Crippen LogP contribution is 2.25. The van der Waals surface area contributed by atoms with Crippen LogP contribution in [-0.4, -0.2) is 35.7 Å². The molecule has 3 aromatic rings. The van der Waals surface area contributed by atoms with Crippen LogP contribution in [-0.2, 0) is 0 Å². The molecule has 0 unspecified atom stereocenters. The minimum Gasteiger partial charge on any atom is -0.494 e. The Bertz CT molecular complexity index is 844. The lowest BCUT2D eigenvalue weighted by Crippen LogP contribution is -2.31. The quantitative estimate of drug-likeness (QED) is 0.570. The molecule has 0 spiro atoms. The molecule has 136 valence electrons. The standard InChI is InChI=1S/C23H28N2O/c1-19-18-20-8-3-4-9-23(20)25(19)21-10-12-22(13-11-21)26-17-7-16-24-14-5-2-6-15-24/h3-4,8-13,18H,2,5-7,14-17H2,1H3. The first-order valence-electron chi connectivity index (χ1n) is 9.84. The molecular weight excluding hydrogens is 320 g/mol. The lowest BCUT2D eigenvalue weighted by molar-refractivity contribution is 0.205. The average molecular weight is 348 g/mol. The molecule has 1 saturated heterocycles. The zero-order valence-electron chi connectivity index (χ0n) is 15.7. The highest BCUT2D eigenvalue weighted by atomic mass is 16.5. The number of hydrogen-bond donors (Lipinski definition) is 0. The maximum absolute atomic E-state index is 5.95. The van der Waals surface area contributed by atoms with E-state index in [9.17, 15) is 0 Å². The molecule has 0 aliphatic carbocycles. The Labute approximate surface area is 156 Å². The summed E-state index contributed by atoms with van der Waals surface area (Å²) in [6.45, 7) is 6.64. The lowest BCUT2D eigenvalue weighted by atomic mass is 10.1. The highest BCUT2D eigenvalue weighted by Gasteiger charge is 2.09. The monoisotopic (exact) mass is 348 g/mol. The van der Waals surface area contributed by atoms with Crippen molar-refractivity contribution in [1.82, 2.24) is 9.47 Å². The van der Waals surface area contributed by atoms with Gasteiger partial charge in [0, 0.05) is 23.3 Å². The number of para-hydroxylation sites is 1. The number of benzene rings is 2. The van der Waals surface area contributed by atoms with Gasteiger partial charge in [-0.1, -0.05) is 24.6 Å². The molecule has 0 saturated carbocycles. The van der Waals surface area contributed by atoms with Crippen molar-refractivity contribution in [3.8, 4) is 11.4 Å². The third-order valence-corrected chi connectivity index (χ3v) is 5.33. The van der Waals surface area contributed by atoms with Crippen LogP contribution in [0.3, 0.4) is 0 Å². The Kier molecular flexibility index (Phi) is 5.26. The molecule has 4 rings (SSSR count). The second kappa shape index (κ2) is 7.96. The van der Waals surface area contributed by atoms with Gasteiger partial charge < -0.3 is 14.2 Å². The largest absolute Gasteiger partial charge is 0.494 e. The maximum atomic E-state index is 5.95. The summed E-state index contributed by atoms with van der Waals surface area (Å²) >= 11 is 0. The number of hydrogen-bond acceptors (Lipinski definition) is 2. The Morgan fingerprint density at radius 2 is 1.69 bits per heavy atom. The number of fused-ring (bicyclic) bond motifs is 1. The molecule has 0 radical (unpaired) electrons. The Morgan fingerprint density at radius 1 is 0.923 bits per heavy atom. The molecular formula is C23H28N2O. The number of rotatable bonds is 6. The summed E-state index contributed by atoms with van der Waals surface area (Å²) in [5, 5.41) is 1.28. The molecule has 0 bridgehead atoms. The van der Waals surface area contributed by atoms with Crippen LogP contribution < -0.4 is 4.74 Å². The number of aromatic nitrogens is 1. The van der Waals surface area contributed by atoms with Crippen LogP contribution in [0.1, 0.15) is 31.4 Å². The topological polar surface area (TPSA) is 17.4 Å². The van der Waals surface area contributed by atoms with Crippen LogP contribution in [0.4, 0.5) is 0 Å². The van der Waals surface area contributed by atoms with Crippen LogP contribution >= 0.6 is 0 Å². The van der Waals surface area contributed by atoms with Crippen molar-refractivity contribution in [2.24, 2.45) is 0 Å². The molecule has 1 aliphatic heterocycles. The van der Waals surface area contributed by atoms with Crippen LogP contribution in [0, 0.1) is 6.92 Å². The molecule has 3 nitrogen and oxygen atoms in total. The first-order valence-corrected chi connectivity index (χ1v) is 9.84. The fraction of sp³-hybridized carbons (Fsp3) is 0.391. The van der Waals surface area contributed by atoms with Gasteiger partial charge in [-0.25, -0.2) is 0 Å². The smallest absolute Gasteiger partial charge is 0.119 e. The zero-order valence-corrected chi connectivity index (χ0v) is 15.7. The number of ether oxygens (including phenoxy) is 1. The second-order valence-corrected chi connectivity index (χ2v) is 7.28. The normalized spacial score (nSPS) is 15.4. The van der Waals surface area contributed by atoms with Crippen molar-refractivity contribution in [1.29, 1.82) is 0 Å².